The Hall–Kier alpha value is -3.04. The van der Waals surface area contributed by atoms with Gasteiger partial charge in [0, 0.05) is 39.1 Å². The molecule has 0 saturated carbocycles. The van der Waals surface area contributed by atoms with Crippen molar-refractivity contribution >= 4 is 39.7 Å². The van der Waals surface area contributed by atoms with E-state index in [4.69, 9.17) is 11.6 Å². The number of aromatic amines is 1. The van der Waals surface area contributed by atoms with E-state index in [1.165, 1.54) is 0 Å². The maximum absolute atomic E-state index is 12.8. The maximum atomic E-state index is 12.8. The summed E-state index contributed by atoms with van der Waals surface area (Å²) in [6, 6.07) is 21.2. The lowest BCUT2D eigenvalue weighted by Gasteiger charge is -2.10. The zero-order chi connectivity index (χ0) is 19.0. The van der Waals surface area contributed by atoms with E-state index in [0.29, 0.717) is 16.1 Å². The van der Waals surface area contributed by atoms with Crippen LogP contribution >= 0.6 is 11.6 Å². The quantitative estimate of drug-likeness (QED) is 0.405. The lowest BCUT2D eigenvalue weighted by atomic mass is 9.99. The summed E-state index contributed by atoms with van der Waals surface area (Å²) in [5, 5.41) is 4.94. The van der Waals surface area contributed by atoms with Crippen LogP contribution in [0.5, 0.6) is 0 Å². The van der Waals surface area contributed by atoms with Gasteiger partial charge in [-0.3, -0.25) is 4.79 Å². The van der Waals surface area contributed by atoms with Crippen LogP contribution in [0.15, 0.2) is 66.7 Å². The van der Waals surface area contributed by atoms with Crippen LogP contribution in [0.1, 0.15) is 27.2 Å². The molecule has 1 aromatic heterocycles. The van der Waals surface area contributed by atoms with Gasteiger partial charge in [-0.2, -0.15) is 0 Å². The molecule has 4 rings (SSSR count). The van der Waals surface area contributed by atoms with Gasteiger partial charge in [-0.15, -0.1) is 0 Å². The molecule has 0 atom stereocenters. The topological polar surface area (TPSA) is 44.9 Å². The fourth-order valence-corrected chi connectivity index (χ4v) is 3.54. The zero-order valence-corrected chi connectivity index (χ0v) is 15.9. The van der Waals surface area contributed by atoms with Crippen LogP contribution in [0.2, 0.25) is 5.02 Å². The Morgan fingerprint density at radius 2 is 1.63 bits per heavy atom. The molecule has 134 valence electrons. The second kappa shape index (κ2) is 6.93. The lowest BCUT2D eigenvalue weighted by molar-refractivity contribution is 0.103. The first kappa shape index (κ1) is 17.4. The minimum atomic E-state index is -0.0612. The molecular formula is C23H19ClN2O. The summed E-state index contributed by atoms with van der Waals surface area (Å²) in [6.07, 6.45) is 0. The Morgan fingerprint density at radius 3 is 2.41 bits per heavy atom. The maximum Gasteiger partial charge on any atom is 0.194 e. The monoisotopic (exact) mass is 374 g/mol. The van der Waals surface area contributed by atoms with E-state index in [-0.39, 0.29) is 5.78 Å². The number of aryl methyl sites for hydroxylation is 2. The van der Waals surface area contributed by atoms with Crippen molar-refractivity contribution in [2.75, 3.05) is 5.32 Å². The number of ketones is 1. The van der Waals surface area contributed by atoms with Gasteiger partial charge in [0.15, 0.2) is 5.78 Å². The van der Waals surface area contributed by atoms with Crippen molar-refractivity contribution in [2.45, 2.75) is 13.8 Å². The van der Waals surface area contributed by atoms with Crippen LogP contribution in [0.4, 0.5) is 11.4 Å². The fraction of sp³-hybridized carbons (Fsp3) is 0.0870. The van der Waals surface area contributed by atoms with Gasteiger partial charge in [-0.05, 0) is 61.9 Å². The van der Waals surface area contributed by atoms with Crippen LogP contribution < -0.4 is 5.32 Å². The summed E-state index contributed by atoms with van der Waals surface area (Å²) in [4.78, 5) is 16.1. The van der Waals surface area contributed by atoms with E-state index in [1.807, 2.05) is 56.3 Å². The molecule has 3 aromatic carbocycles. The third-order valence-electron chi connectivity index (χ3n) is 4.65. The summed E-state index contributed by atoms with van der Waals surface area (Å²) in [6.45, 7) is 3.97. The molecule has 0 unspecified atom stereocenters. The van der Waals surface area contributed by atoms with Crippen LogP contribution in [0, 0.1) is 13.8 Å². The molecule has 0 saturated heterocycles. The number of halogens is 1. The normalized spacial score (nSPS) is 10.9. The van der Waals surface area contributed by atoms with Crippen LogP contribution in [0.3, 0.4) is 0 Å². The molecule has 27 heavy (non-hydrogen) atoms. The molecule has 0 spiro atoms. The van der Waals surface area contributed by atoms with E-state index >= 15 is 0 Å². The molecule has 0 aliphatic carbocycles. The van der Waals surface area contributed by atoms with Gasteiger partial charge in [0.05, 0.1) is 5.02 Å². The molecule has 0 aliphatic rings. The molecular weight excluding hydrogens is 356 g/mol. The van der Waals surface area contributed by atoms with Gasteiger partial charge >= 0.3 is 0 Å². The third kappa shape index (κ3) is 3.46. The average molecular weight is 375 g/mol. The second-order valence-corrected chi connectivity index (χ2v) is 7.13. The largest absolute Gasteiger partial charge is 0.359 e. The predicted molar refractivity (Wildman–Crippen MR) is 112 cm³/mol. The first-order valence-corrected chi connectivity index (χ1v) is 9.15. The van der Waals surface area contributed by atoms with E-state index in [9.17, 15) is 4.79 Å². The fourth-order valence-electron chi connectivity index (χ4n) is 3.27. The number of benzene rings is 3. The van der Waals surface area contributed by atoms with Crippen molar-refractivity contribution in [2.24, 2.45) is 0 Å². The Balaban J connectivity index is 1.61. The van der Waals surface area contributed by atoms with Crippen LogP contribution in [0.25, 0.3) is 10.9 Å². The number of carbonyl (C=O) groups excluding carboxylic acids is 1. The lowest BCUT2D eigenvalue weighted by Crippen LogP contribution is -2.04. The van der Waals surface area contributed by atoms with Gasteiger partial charge in [-0.1, -0.05) is 35.9 Å². The highest BCUT2D eigenvalue weighted by Crippen LogP contribution is 2.28. The molecule has 4 aromatic rings. The van der Waals surface area contributed by atoms with Gasteiger partial charge in [0.2, 0.25) is 0 Å². The van der Waals surface area contributed by atoms with Crippen molar-refractivity contribution in [3.63, 3.8) is 0 Å². The summed E-state index contributed by atoms with van der Waals surface area (Å²) >= 11 is 6.43. The minimum Gasteiger partial charge on any atom is -0.359 e. The number of fused-ring (bicyclic) bond motifs is 1. The number of rotatable bonds is 4. The van der Waals surface area contributed by atoms with Crippen LogP contribution in [-0.4, -0.2) is 10.8 Å². The molecule has 0 aliphatic heterocycles. The molecule has 3 nitrogen and oxygen atoms in total. The SMILES string of the molecule is Cc1cc2cc(Nc3ccc(C(=O)c4ccccc4C)c(Cl)c3)ccc2[nH]1. The van der Waals surface area contributed by atoms with Crippen molar-refractivity contribution < 1.29 is 4.79 Å². The first-order chi connectivity index (χ1) is 13.0. The molecule has 4 heteroatoms. The first-order valence-electron chi connectivity index (χ1n) is 8.77. The number of hydrogen-bond donors (Lipinski definition) is 2. The number of anilines is 2. The highest BCUT2D eigenvalue weighted by Gasteiger charge is 2.15. The Morgan fingerprint density at radius 1 is 0.889 bits per heavy atom. The number of hydrogen-bond acceptors (Lipinski definition) is 2. The number of nitrogens with one attached hydrogen (secondary N) is 2. The Labute approximate surface area is 163 Å². The summed E-state index contributed by atoms with van der Waals surface area (Å²) in [5.41, 5.74) is 6.17. The standard InChI is InChI=1S/C23H19ClN2O/c1-14-5-3-4-6-19(14)23(27)20-9-7-18(13-21(20)24)26-17-8-10-22-16(12-17)11-15(2)25-22/h3-13,25-26H,1-2H3. The Bertz CT molecular complexity index is 1160. The number of aromatic nitrogens is 1. The third-order valence-corrected chi connectivity index (χ3v) is 4.96. The van der Waals surface area contributed by atoms with Gasteiger partial charge < -0.3 is 10.3 Å². The molecule has 2 N–H and O–H groups in total. The highest BCUT2D eigenvalue weighted by atomic mass is 35.5. The molecule has 0 fully saturated rings. The molecule has 0 bridgehead atoms. The van der Waals surface area contributed by atoms with Gasteiger partial charge in [0.25, 0.3) is 0 Å². The van der Waals surface area contributed by atoms with Crippen molar-refractivity contribution in [1.82, 2.24) is 4.98 Å². The minimum absolute atomic E-state index is 0.0612. The Kier molecular flexibility index (Phi) is 4.46. The molecule has 0 radical (unpaired) electrons. The van der Waals surface area contributed by atoms with Crippen molar-refractivity contribution in [3.05, 3.63) is 94.1 Å². The summed E-state index contributed by atoms with van der Waals surface area (Å²) in [5.74, 6) is -0.0612. The van der Waals surface area contributed by atoms with Crippen LogP contribution in [-0.2, 0) is 0 Å². The van der Waals surface area contributed by atoms with Crippen molar-refractivity contribution in [1.29, 1.82) is 0 Å². The van der Waals surface area contributed by atoms with E-state index in [0.717, 1.165) is 33.5 Å². The van der Waals surface area contributed by atoms with Crippen molar-refractivity contribution in [3.8, 4) is 0 Å². The second-order valence-electron chi connectivity index (χ2n) is 6.72. The summed E-state index contributed by atoms with van der Waals surface area (Å²) < 4.78 is 0. The van der Waals surface area contributed by atoms with E-state index < -0.39 is 0 Å². The highest BCUT2D eigenvalue weighted by molar-refractivity contribution is 6.35. The molecule has 1 heterocycles. The van der Waals surface area contributed by atoms with Gasteiger partial charge in [-0.25, -0.2) is 0 Å². The summed E-state index contributed by atoms with van der Waals surface area (Å²) in [7, 11) is 0. The molecule has 0 amide bonds. The number of H-pyrrole nitrogens is 1. The number of carbonyl (C=O) groups is 1. The van der Waals surface area contributed by atoms with Gasteiger partial charge in [0.1, 0.15) is 0 Å². The smallest absolute Gasteiger partial charge is 0.194 e. The van der Waals surface area contributed by atoms with E-state index in [1.54, 1.807) is 12.1 Å². The predicted octanol–water partition coefficient (Wildman–Crippen LogP) is 6.41. The average Bonchev–Trinajstić information content (AvgIpc) is 3.01. The zero-order valence-electron chi connectivity index (χ0n) is 15.1. The van der Waals surface area contributed by atoms with E-state index in [2.05, 4.69) is 22.4 Å².